The number of ether oxygens (including phenoxy) is 3. The minimum Gasteiger partial charge on any atom is -0.469 e. The van der Waals surface area contributed by atoms with Crippen LogP contribution >= 0.6 is 0 Å². The van der Waals surface area contributed by atoms with E-state index in [1.165, 1.54) is 14.2 Å². The Hall–Kier alpha value is -2.83. The third-order valence-electron chi connectivity index (χ3n) is 3.48. The van der Waals surface area contributed by atoms with Gasteiger partial charge >= 0.3 is 18.0 Å². The van der Waals surface area contributed by atoms with E-state index in [4.69, 9.17) is 14.2 Å². The Bertz CT molecular complexity index is 828. The molecule has 1 aromatic heterocycles. The van der Waals surface area contributed by atoms with Crippen LogP contribution in [0.4, 0.5) is 4.79 Å². The number of nitrogens with zero attached hydrogens (tertiary/aromatic N) is 1. The number of hydrogen-bond donors (Lipinski definition) is 0. The molecule has 0 aliphatic carbocycles. The average Bonchev–Trinajstić information content (AvgIpc) is 2.87. The summed E-state index contributed by atoms with van der Waals surface area (Å²) < 4.78 is 16.1. The highest BCUT2D eigenvalue weighted by molar-refractivity contribution is 6.05. The molecule has 0 radical (unpaired) electrons. The van der Waals surface area contributed by atoms with Gasteiger partial charge in [0.05, 0.1) is 26.2 Å². The van der Waals surface area contributed by atoms with E-state index in [9.17, 15) is 14.4 Å². The van der Waals surface area contributed by atoms with Crippen LogP contribution in [0.25, 0.3) is 10.9 Å². The second kappa shape index (κ2) is 6.96. The lowest BCUT2D eigenvalue weighted by molar-refractivity contribution is -0.139. The number of carbonyl (C=O) groups is 3. The van der Waals surface area contributed by atoms with Crippen molar-refractivity contribution in [3.63, 3.8) is 0 Å². The van der Waals surface area contributed by atoms with E-state index in [-0.39, 0.29) is 12.1 Å². The number of rotatable bonds is 3. The van der Waals surface area contributed by atoms with Crippen molar-refractivity contribution in [3.8, 4) is 0 Å². The fourth-order valence-electron chi connectivity index (χ4n) is 2.51. The van der Waals surface area contributed by atoms with Crippen LogP contribution in [0.15, 0.2) is 24.3 Å². The van der Waals surface area contributed by atoms with Crippen molar-refractivity contribution in [3.05, 3.63) is 35.5 Å². The number of carbonyl (C=O) groups excluding carboxylic acids is 3. The van der Waals surface area contributed by atoms with E-state index < -0.39 is 23.6 Å². The maximum Gasteiger partial charge on any atom is 0.419 e. The van der Waals surface area contributed by atoms with E-state index in [0.29, 0.717) is 16.5 Å². The maximum atomic E-state index is 12.7. The molecule has 0 saturated heterocycles. The number of para-hydroxylation sites is 1. The van der Waals surface area contributed by atoms with E-state index in [0.717, 1.165) is 4.57 Å². The average molecular weight is 347 g/mol. The van der Waals surface area contributed by atoms with Crippen LogP contribution in [-0.2, 0) is 25.4 Å². The first-order valence-corrected chi connectivity index (χ1v) is 7.70. The van der Waals surface area contributed by atoms with Crippen LogP contribution < -0.4 is 0 Å². The van der Waals surface area contributed by atoms with Crippen molar-refractivity contribution >= 4 is 28.9 Å². The molecule has 134 valence electrons. The minimum absolute atomic E-state index is 0.0386. The summed E-state index contributed by atoms with van der Waals surface area (Å²) in [6.45, 7) is 5.18. The number of hydrogen-bond acceptors (Lipinski definition) is 6. The quantitative estimate of drug-likeness (QED) is 0.627. The summed E-state index contributed by atoms with van der Waals surface area (Å²) in [4.78, 5) is 36.9. The summed E-state index contributed by atoms with van der Waals surface area (Å²) >= 11 is 0. The van der Waals surface area contributed by atoms with Gasteiger partial charge in [-0.25, -0.2) is 14.2 Å². The van der Waals surface area contributed by atoms with Crippen molar-refractivity contribution in [2.45, 2.75) is 32.8 Å². The number of aromatic nitrogens is 1. The molecule has 0 saturated carbocycles. The summed E-state index contributed by atoms with van der Waals surface area (Å²) in [6, 6.07) is 6.88. The summed E-state index contributed by atoms with van der Waals surface area (Å²) in [5.74, 6) is -1.27. The van der Waals surface area contributed by atoms with E-state index in [1.54, 1.807) is 45.0 Å². The normalized spacial score (nSPS) is 11.2. The third kappa shape index (κ3) is 3.81. The highest BCUT2D eigenvalue weighted by Gasteiger charge is 2.30. The Balaban J connectivity index is 2.76. The van der Waals surface area contributed by atoms with E-state index in [1.807, 2.05) is 0 Å². The molecule has 7 heteroatoms. The summed E-state index contributed by atoms with van der Waals surface area (Å²) in [7, 11) is 2.47. The Morgan fingerprint density at radius 1 is 1.04 bits per heavy atom. The number of benzene rings is 1. The molecular formula is C18H21NO6. The first-order valence-electron chi connectivity index (χ1n) is 7.70. The molecule has 0 spiro atoms. The summed E-state index contributed by atoms with van der Waals surface area (Å²) in [5, 5.41) is 0.583. The van der Waals surface area contributed by atoms with Gasteiger partial charge in [-0.15, -0.1) is 0 Å². The van der Waals surface area contributed by atoms with Gasteiger partial charge in [-0.3, -0.25) is 4.79 Å². The fourth-order valence-corrected chi connectivity index (χ4v) is 2.51. The van der Waals surface area contributed by atoms with Crippen molar-refractivity contribution < 1.29 is 28.6 Å². The molecule has 2 rings (SSSR count). The van der Waals surface area contributed by atoms with E-state index >= 15 is 0 Å². The molecule has 2 aromatic rings. The highest BCUT2D eigenvalue weighted by atomic mass is 16.6. The molecule has 0 amide bonds. The van der Waals surface area contributed by atoms with Crippen LogP contribution in [0, 0.1) is 0 Å². The predicted molar refractivity (Wildman–Crippen MR) is 90.6 cm³/mol. The van der Waals surface area contributed by atoms with Crippen molar-refractivity contribution in [1.82, 2.24) is 4.57 Å². The maximum absolute atomic E-state index is 12.7. The van der Waals surface area contributed by atoms with Crippen LogP contribution in [0.5, 0.6) is 0 Å². The SMILES string of the molecule is COC(=O)Cc1c(C(=O)OC)n(C(=O)OC(C)(C)C)c2ccccc12. The molecule has 0 aliphatic rings. The van der Waals surface area contributed by atoms with Gasteiger partial charge in [0.1, 0.15) is 11.3 Å². The number of esters is 2. The molecule has 0 atom stereocenters. The van der Waals surface area contributed by atoms with Crippen LogP contribution in [0.2, 0.25) is 0 Å². The second-order valence-electron chi connectivity index (χ2n) is 6.40. The Kier molecular flexibility index (Phi) is 5.15. The molecule has 0 fully saturated rings. The minimum atomic E-state index is -0.752. The molecule has 0 unspecified atom stereocenters. The van der Waals surface area contributed by atoms with Gasteiger partial charge in [0, 0.05) is 10.9 Å². The van der Waals surface area contributed by atoms with Crippen molar-refractivity contribution in [2.75, 3.05) is 14.2 Å². The molecule has 1 heterocycles. The van der Waals surface area contributed by atoms with Gasteiger partial charge in [0.2, 0.25) is 0 Å². The molecule has 25 heavy (non-hydrogen) atoms. The standard InChI is InChI=1S/C18H21NO6/c1-18(2,3)25-17(22)19-13-9-7-6-8-11(13)12(10-14(20)23-4)15(19)16(21)24-5/h6-9H,10H2,1-5H3. The Labute approximate surface area is 145 Å². The van der Waals surface area contributed by atoms with Gasteiger partial charge in [0.25, 0.3) is 0 Å². The highest BCUT2D eigenvalue weighted by Crippen LogP contribution is 2.29. The largest absolute Gasteiger partial charge is 0.469 e. The molecule has 0 aliphatic heterocycles. The first kappa shape index (κ1) is 18.5. The summed E-state index contributed by atoms with van der Waals surface area (Å²) in [5.41, 5.74) is 0.0257. The van der Waals surface area contributed by atoms with Gasteiger partial charge < -0.3 is 14.2 Å². The van der Waals surface area contributed by atoms with Gasteiger partial charge in [0.15, 0.2) is 0 Å². The zero-order valence-electron chi connectivity index (χ0n) is 14.9. The Morgan fingerprint density at radius 2 is 1.68 bits per heavy atom. The Morgan fingerprint density at radius 3 is 2.24 bits per heavy atom. The number of methoxy groups -OCH3 is 2. The summed E-state index contributed by atoms with van der Waals surface area (Å²) in [6.07, 6.45) is -0.891. The second-order valence-corrected chi connectivity index (χ2v) is 6.40. The monoisotopic (exact) mass is 347 g/mol. The lowest BCUT2D eigenvalue weighted by Crippen LogP contribution is -2.29. The van der Waals surface area contributed by atoms with Gasteiger partial charge in [-0.05, 0) is 26.8 Å². The third-order valence-corrected chi connectivity index (χ3v) is 3.48. The lowest BCUT2D eigenvalue weighted by Gasteiger charge is -2.20. The van der Waals surface area contributed by atoms with Gasteiger partial charge in [-0.1, -0.05) is 18.2 Å². The zero-order chi connectivity index (χ0) is 18.8. The van der Waals surface area contributed by atoms with E-state index in [2.05, 4.69) is 0 Å². The first-order chi connectivity index (χ1) is 11.7. The van der Waals surface area contributed by atoms with Crippen molar-refractivity contribution in [2.24, 2.45) is 0 Å². The van der Waals surface area contributed by atoms with Crippen molar-refractivity contribution in [1.29, 1.82) is 0 Å². The molecule has 0 N–H and O–H groups in total. The zero-order valence-corrected chi connectivity index (χ0v) is 14.9. The predicted octanol–water partition coefficient (Wildman–Crippen LogP) is 2.93. The van der Waals surface area contributed by atoms with Crippen LogP contribution in [0.3, 0.4) is 0 Å². The van der Waals surface area contributed by atoms with Gasteiger partial charge in [-0.2, -0.15) is 0 Å². The molecule has 1 aromatic carbocycles. The smallest absolute Gasteiger partial charge is 0.419 e. The molecular weight excluding hydrogens is 326 g/mol. The van der Waals surface area contributed by atoms with Crippen LogP contribution in [0.1, 0.15) is 36.8 Å². The fraction of sp³-hybridized carbons (Fsp3) is 0.389. The lowest BCUT2D eigenvalue weighted by atomic mass is 10.1. The molecule has 7 nitrogen and oxygen atoms in total. The molecule has 0 bridgehead atoms. The topological polar surface area (TPSA) is 83.8 Å². The van der Waals surface area contributed by atoms with Crippen LogP contribution in [-0.4, -0.2) is 42.4 Å². The number of fused-ring (bicyclic) bond motifs is 1.